The first-order valence-corrected chi connectivity index (χ1v) is 6.38. The van der Waals surface area contributed by atoms with Crippen molar-refractivity contribution in [2.24, 2.45) is 5.41 Å². The molecule has 0 aromatic carbocycles. The van der Waals surface area contributed by atoms with Crippen molar-refractivity contribution >= 4 is 0 Å². The van der Waals surface area contributed by atoms with Crippen molar-refractivity contribution in [3.63, 3.8) is 0 Å². The van der Waals surface area contributed by atoms with E-state index in [0.717, 1.165) is 39.0 Å². The summed E-state index contributed by atoms with van der Waals surface area (Å²) in [5, 5.41) is 12.3. The summed E-state index contributed by atoms with van der Waals surface area (Å²) >= 11 is 0. The molecule has 0 radical (unpaired) electrons. The predicted molar refractivity (Wildman–Crippen MR) is 65.1 cm³/mol. The Morgan fingerprint density at radius 2 is 2.25 bits per heavy atom. The van der Waals surface area contributed by atoms with Crippen molar-refractivity contribution < 1.29 is 4.74 Å². The van der Waals surface area contributed by atoms with Crippen molar-refractivity contribution in [3.05, 3.63) is 0 Å². The van der Waals surface area contributed by atoms with Crippen LogP contribution in [0.5, 0.6) is 0 Å². The van der Waals surface area contributed by atoms with Crippen LogP contribution in [0.25, 0.3) is 0 Å². The Morgan fingerprint density at radius 3 is 2.88 bits per heavy atom. The van der Waals surface area contributed by atoms with E-state index in [4.69, 9.17) is 10.00 Å². The molecule has 0 amide bonds. The van der Waals surface area contributed by atoms with Crippen LogP contribution in [0.2, 0.25) is 0 Å². The molecule has 0 aliphatic carbocycles. The van der Waals surface area contributed by atoms with E-state index in [-0.39, 0.29) is 5.41 Å². The number of ether oxygens (including phenoxy) is 1. The molecule has 1 unspecified atom stereocenters. The van der Waals surface area contributed by atoms with Gasteiger partial charge in [0.25, 0.3) is 0 Å². The molecule has 1 atom stereocenters. The number of nitrogens with one attached hydrogen (secondary N) is 1. The Kier molecular flexibility index (Phi) is 5.79. The highest BCUT2D eigenvalue weighted by Gasteiger charge is 2.16. The average molecular weight is 224 g/mol. The van der Waals surface area contributed by atoms with Gasteiger partial charge in [-0.15, -0.1) is 0 Å². The van der Waals surface area contributed by atoms with Crippen LogP contribution in [0.15, 0.2) is 0 Å². The van der Waals surface area contributed by atoms with Crippen molar-refractivity contribution in [1.82, 2.24) is 5.32 Å². The van der Waals surface area contributed by atoms with Crippen LogP contribution >= 0.6 is 0 Å². The fourth-order valence-electron chi connectivity index (χ4n) is 1.94. The third-order valence-corrected chi connectivity index (χ3v) is 3.10. The topological polar surface area (TPSA) is 45.0 Å². The number of nitriles is 1. The lowest BCUT2D eigenvalue weighted by Crippen LogP contribution is -2.27. The summed E-state index contributed by atoms with van der Waals surface area (Å²) in [5.41, 5.74) is -0.158. The van der Waals surface area contributed by atoms with Gasteiger partial charge >= 0.3 is 0 Å². The molecule has 1 N–H and O–H groups in total. The molecule has 0 spiro atoms. The van der Waals surface area contributed by atoms with Gasteiger partial charge < -0.3 is 10.1 Å². The standard InChI is InChI=1S/C13H24N2O/c1-13(2,11-14)7-3-4-8-15-10-12-6-5-9-16-12/h12,15H,3-10H2,1-2H3. The molecule has 1 fully saturated rings. The van der Waals surface area contributed by atoms with Gasteiger partial charge in [-0.2, -0.15) is 5.26 Å². The molecule has 1 aliphatic rings. The maximum atomic E-state index is 8.86. The maximum absolute atomic E-state index is 8.86. The molecule has 1 rings (SSSR count). The van der Waals surface area contributed by atoms with Gasteiger partial charge in [0.05, 0.1) is 17.6 Å². The average Bonchev–Trinajstić information content (AvgIpc) is 2.76. The summed E-state index contributed by atoms with van der Waals surface area (Å²) in [6, 6.07) is 2.34. The predicted octanol–water partition coefficient (Wildman–Crippen LogP) is 2.48. The van der Waals surface area contributed by atoms with Crippen LogP contribution in [0.3, 0.4) is 0 Å². The zero-order valence-electron chi connectivity index (χ0n) is 10.6. The van der Waals surface area contributed by atoms with Gasteiger partial charge in [-0.3, -0.25) is 0 Å². The molecule has 0 aromatic rings. The first-order chi connectivity index (χ1) is 7.64. The van der Waals surface area contributed by atoms with E-state index in [1.165, 1.54) is 12.8 Å². The van der Waals surface area contributed by atoms with Crippen molar-refractivity contribution in [2.45, 2.75) is 52.1 Å². The quantitative estimate of drug-likeness (QED) is 0.676. The summed E-state index contributed by atoms with van der Waals surface area (Å²) in [4.78, 5) is 0. The second-order valence-corrected chi connectivity index (χ2v) is 5.29. The van der Waals surface area contributed by atoms with Crippen LogP contribution < -0.4 is 5.32 Å². The summed E-state index contributed by atoms with van der Waals surface area (Å²) in [7, 11) is 0. The first kappa shape index (κ1) is 13.5. The Labute approximate surface area is 99.2 Å². The molecule has 16 heavy (non-hydrogen) atoms. The van der Waals surface area contributed by atoms with E-state index < -0.39 is 0 Å². The van der Waals surface area contributed by atoms with Gasteiger partial charge in [-0.05, 0) is 46.1 Å². The molecule has 0 saturated carbocycles. The normalized spacial score (nSPS) is 20.9. The number of unbranched alkanes of at least 4 members (excludes halogenated alkanes) is 1. The molecular weight excluding hydrogens is 200 g/mol. The van der Waals surface area contributed by atoms with E-state index >= 15 is 0 Å². The Balaban J connectivity index is 1.90. The van der Waals surface area contributed by atoms with Crippen LogP contribution in [-0.2, 0) is 4.74 Å². The number of hydrogen-bond acceptors (Lipinski definition) is 3. The number of nitrogens with zero attached hydrogens (tertiary/aromatic N) is 1. The monoisotopic (exact) mass is 224 g/mol. The Hall–Kier alpha value is -0.590. The largest absolute Gasteiger partial charge is 0.377 e. The van der Waals surface area contributed by atoms with Crippen molar-refractivity contribution in [2.75, 3.05) is 19.7 Å². The Morgan fingerprint density at radius 1 is 1.44 bits per heavy atom. The third kappa shape index (κ3) is 5.48. The fourth-order valence-corrected chi connectivity index (χ4v) is 1.94. The van der Waals surface area contributed by atoms with Gasteiger partial charge in [-0.1, -0.05) is 6.42 Å². The third-order valence-electron chi connectivity index (χ3n) is 3.10. The molecule has 0 aromatic heterocycles. The molecule has 3 nitrogen and oxygen atoms in total. The lowest BCUT2D eigenvalue weighted by atomic mass is 9.89. The fraction of sp³-hybridized carbons (Fsp3) is 0.923. The van der Waals surface area contributed by atoms with Crippen molar-refractivity contribution in [3.8, 4) is 6.07 Å². The van der Waals surface area contributed by atoms with E-state index in [9.17, 15) is 0 Å². The maximum Gasteiger partial charge on any atom is 0.0700 e. The molecular formula is C13H24N2O. The van der Waals surface area contributed by atoms with E-state index in [0.29, 0.717) is 6.10 Å². The van der Waals surface area contributed by atoms with Gasteiger partial charge in [0, 0.05) is 13.2 Å². The number of hydrogen-bond donors (Lipinski definition) is 1. The molecule has 3 heteroatoms. The second kappa shape index (κ2) is 6.88. The summed E-state index contributed by atoms with van der Waals surface area (Å²) in [6.07, 6.45) is 6.12. The van der Waals surface area contributed by atoms with Crippen LogP contribution in [0, 0.1) is 16.7 Å². The minimum Gasteiger partial charge on any atom is -0.377 e. The van der Waals surface area contributed by atoms with Crippen LogP contribution in [0.1, 0.15) is 46.0 Å². The summed E-state index contributed by atoms with van der Waals surface area (Å²) in [6.45, 7) is 6.98. The molecule has 92 valence electrons. The van der Waals surface area contributed by atoms with Crippen LogP contribution in [-0.4, -0.2) is 25.8 Å². The van der Waals surface area contributed by atoms with Gasteiger partial charge in [0.1, 0.15) is 0 Å². The highest BCUT2D eigenvalue weighted by atomic mass is 16.5. The zero-order chi connectivity index (χ0) is 11.9. The first-order valence-electron chi connectivity index (χ1n) is 6.38. The summed E-state index contributed by atoms with van der Waals surface area (Å²) < 4.78 is 5.53. The minimum atomic E-state index is -0.158. The second-order valence-electron chi connectivity index (χ2n) is 5.29. The molecule has 0 bridgehead atoms. The van der Waals surface area contributed by atoms with E-state index in [2.05, 4.69) is 11.4 Å². The van der Waals surface area contributed by atoms with E-state index in [1.807, 2.05) is 13.8 Å². The lowest BCUT2D eigenvalue weighted by molar-refractivity contribution is 0.110. The highest BCUT2D eigenvalue weighted by molar-refractivity contribution is 4.91. The zero-order valence-corrected chi connectivity index (χ0v) is 10.6. The molecule has 1 saturated heterocycles. The lowest BCUT2D eigenvalue weighted by Gasteiger charge is -2.15. The molecule has 1 aliphatic heterocycles. The smallest absolute Gasteiger partial charge is 0.0700 e. The SMILES string of the molecule is CC(C)(C#N)CCCCNCC1CCCO1. The number of rotatable bonds is 7. The van der Waals surface area contributed by atoms with Gasteiger partial charge in [0.15, 0.2) is 0 Å². The van der Waals surface area contributed by atoms with E-state index in [1.54, 1.807) is 0 Å². The van der Waals surface area contributed by atoms with Gasteiger partial charge in [0.2, 0.25) is 0 Å². The van der Waals surface area contributed by atoms with Crippen molar-refractivity contribution in [1.29, 1.82) is 5.26 Å². The van der Waals surface area contributed by atoms with Gasteiger partial charge in [-0.25, -0.2) is 0 Å². The van der Waals surface area contributed by atoms with Crippen LogP contribution in [0.4, 0.5) is 0 Å². The summed E-state index contributed by atoms with van der Waals surface area (Å²) in [5.74, 6) is 0. The highest BCUT2D eigenvalue weighted by Crippen LogP contribution is 2.21. The Bertz CT molecular complexity index is 227. The molecule has 1 heterocycles. The minimum absolute atomic E-state index is 0.158.